The highest BCUT2D eigenvalue weighted by Crippen LogP contribution is 2.12. The third-order valence-corrected chi connectivity index (χ3v) is 3.19. The second-order valence-corrected chi connectivity index (χ2v) is 5.08. The van der Waals surface area contributed by atoms with Crippen LogP contribution in [0.4, 0.5) is 11.4 Å². The number of rotatable bonds is 5. The Morgan fingerprint density at radius 3 is 2.42 bits per heavy atom. The number of aryl methyl sites for hydroxylation is 1. The van der Waals surface area contributed by atoms with Gasteiger partial charge in [0.1, 0.15) is 11.6 Å². The predicted octanol–water partition coefficient (Wildman–Crippen LogP) is 2.55. The number of nitrogens with two attached hydrogens (primary N) is 1. The molecule has 0 heterocycles. The van der Waals surface area contributed by atoms with Crippen LogP contribution in [0, 0.1) is 18.3 Å². The molecule has 2 amide bonds. The number of nitrogens with zero attached hydrogens (tertiary/aromatic N) is 1. The summed E-state index contributed by atoms with van der Waals surface area (Å²) in [6, 6.07) is 15.5. The average Bonchev–Trinajstić information content (AvgIpc) is 2.56. The molecule has 0 radical (unpaired) electrons. The van der Waals surface area contributed by atoms with Crippen molar-refractivity contribution in [3.8, 4) is 6.07 Å². The standard InChI is InChI=1S/C18H16N4O2/c1-12-3-2-4-16(9-12)22-18(24)14(10-19)11-21-15-7-5-13(6-8-15)17(20)23/h2-9,11,21H,1H3,(H2,20,23)(H,22,24)/b14-11-. The molecular weight excluding hydrogens is 304 g/mol. The Morgan fingerprint density at radius 2 is 1.83 bits per heavy atom. The first kappa shape index (κ1) is 16.8. The fraction of sp³-hybridized carbons (Fsp3) is 0.0556. The van der Waals surface area contributed by atoms with Gasteiger partial charge in [0.2, 0.25) is 5.91 Å². The lowest BCUT2D eigenvalue weighted by Crippen LogP contribution is -2.14. The molecule has 0 aromatic heterocycles. The quantitative estimate of drug-likeness (QED) is 0.581. The molecule has 120 valence electrons. The highest BCUT2D eigenvalue weighted by molar-refractivity contribution is 6.06. The van der Waals surface area contributed by atoms with Crippen LogP contribution in [-0.4, -0.2) is 11.8 Å². The van der Waals surface area contributed by atoms with E-state index < -0.39 is 11.8 Å². The summed E-state index contributed by atoms with van der Waals surface area (Å²) in [6.45, 7) is 1.91. The van der Waals surface area contributed by atoms with Crippen LogP contribution in [-0.2, 0) is 4.79 Å². The van der Waals surface area contributed by atoms with E-state index in [1.807, 2.05) is 31.2 Å². The molecule has 0 spiro atoms. The normalized spacial score (nSPS) is 10.6. The highest BCUT2D eigenvalue weighted by Gasteiger charge is 2.09. The molecule has 2 aromatic rings. The van der Waals surface area contributed by atoms with E-state index in [9.17, 15) is 9.59 Å². The van der Waals surface area contributed by atoms with Crippen molar-refractivity contribution in [1.82, 2.24) is 0 Å². The molecule has 0 bridgehead atoms. The van der Waals surface area contributed by atoms with Crippen LogP contribution in [0.1, 0.15) is 15.9 Å². The molecule has 0 saturated heterocycles. The second-order valence-electron chi connectivity index (χ2n) is 5.08. The van der Waals surface area contributed by atoms with Crippen LogP contribution in [0.5, 0.6) is 0 Å². The van der Waals surface area contributed by atoms with Gasteiger partial charge in [-0.3, -0.25) is 9.59 Å². The number of primary amides is 1. The molecule has 0 aliphatic carbocycles. The largest absolute Gasteiger partial charge is 0.366 e. The number of carbonyl (C=O) groups is 2. The van der Waals surface area contributed by atoms with Crippen LogP contribution in [0.3, 0.4) is 0 Å². The summed E-state index contributed by atoms with van der Waals surface area (Å²) in [5.74, 6) is -1.03. The van der Waals surface area contributed by atoms with Gasteiger partial charge in [-0.2, -0.15) is 5.26 Å². The van der Waals surface area contributed by atoms with E-state index in [2.05, 4.69) is 10.6 Å². The van der Waals surface area contributed by atoms with Gasteiger partial charge in [-0.1, -0.05) is 12.1 Å². The van der Waals surface area contributed by atoms with E-state index >= 15 is 0 Å². The van der Waals surface area contributed by atoms with Gasteiger partial charge in [-0.15, -0.1) is 0 Å². The van der Waals surface area contributed by atoms with Crippen LogP contribution < -0.4 is 16.4 Å². The van der Waals surface area contributed by atoms with E-state index in [-0.39, 0.29) is 5.57 Å². The third kappa shape index (κ3) is 4.45. The zero-order chi connectivity index (χ0) is 17.5. The molecule has 4 N–H and O–H groups in total. The molecule has 0 aliphatic heterocycles. The number of nitriles is 1. The first-order valence-corrected chi connectivity index (χ1v) is 7.14. The SMILES string of the molecule is Cc1cccc(NC(=O)/C(C#N)=C\Nc2ccc(C(N)=O)cc2)c1. The van der Waals surface area contributed by atoms with Crippen molar-refractivity contribution < 1.29 is 9.59 Å². The van der Waals surface area contributed by atoms with Crippen molar-refractivity contribution in [2.45, 2.75) is 6.92 Å². The summed E-state index contributed by atoms with van der Waals surface area (Å²) in [5.41, 5.74) is 7.71. The summed E-state index contributed by atoms with van der Waals surface area (Å²) >= 11 is 0. The molecular formula is C18H16N4O2. The molecule has 6 heteroatoms. The van der Waals surface area contributed by atoms with Crippen molar-refractivity contribution in [3.63, 3.8) is 0 Å². The summed E-state index contributed by atoms with van der Waals surface area (Å²) in [4.78, 5) is 23.1. The van der Waals surface area contributed by atoms with Crippen LogP contribution in [0.2, 0.25) is 0 Å². The van der Waals surface area contributed by atoms with Gasteiger partial charge in [0.05, 0.1) is 0 Å². The van der Waals surface area contributed by atoms with E-state index in [4.69, 9.17) is 11.0 Å². The van der Waals surface area contributed by atoms with Crippen molar-refractivity contribution in [2.24, 2.45) is 5.73 Å². The number of carbonyl (C=O) groups excluding carboxylic acids is 2. The number of hydrogen-bond acceptors (Lipinski definition) is 4. The summed E-state index contributed by atoms with van der Waals surface area (Å²) in [7, 11) is 0. The number of nitrogens with one attached hydrogen (secondary N) is 2. The van der Waals surface area contributed by atoms with E-state index in [1.54, 1.807) is 30.3 Å². The fourth-order valence-corrected chi connectivity index (χ4v) is 1.96. The summed E-state index contributed by atoms with van der Waals surface area (Å²) in [6.07, 6.45) is 1.31. The zero-order valence-corrected chi connectivity index (χ0v) is 13.0. The van der Waals surface area contributed by atoms with Crippen LogP contribution in [0.25, 0.3) is 0 Å². The fourth-order valence-electron chi connectivity index (χ4n) is 1.96. The van der Waals surface area contributed by atoms with Gasteiger partial charge in [0.25, 0.3) is 5.91 Å². The lowest BCUT2D eigenvalue weighted by atomic mass is 10.2. The topological polar surface area (TPSA) is 108 Å². The first-order valence-electron chi connectivity index (χ1n) is 7.14. The number of hydrogen-bond donors (Lipinski definition) is 3. The smallest absolute Gasteiger partial charge is 0.267 e. The van der Waals surface area contributed by atoms with Crippen LogP contribution >= 0.6 is 0 Å². The van der Waals surface area contributed by atoms with E-state index in [1.165, 1.54) is 6.20 Å². The molecule has 24 heavy (non-hydrogen) atoms. The second kappa shape index (κ2) is 7.61. The van der Waals surface area contributed by atoms with Crippen molar-refractivity contribution in [2.75, 3.05) is 10.6 Å². The average molecular weight is 320 g/mol. The lowest BCUT2D eigenvalue weighted by Gasteiger charge is -2.06. The third-order valence-electron chi connectivity index (χ3n) is 3.19. The minimum atomic E-state index is -0.521. The van der Waals surface area contributed by atoms with Gasteiger partial charge in [-0.05, 0) is 48.9 Å². The Kier molecular flexibility index (Phi) is 5.32. The van der Waals surface area contributed by atoms with Gasteiger partial charge < -0.3 is 16.4 Å². The molecule has 0 atom stereocenters. The summed E-state index contributed by atoms with van der Waals surface area (Å²) in [5, 5.41) is 14.6. The van der Waals surface area contributed by atoms with Gasteiger partial charge in [-0.25, -0.2) is 0 Å². The van der Waals surface area contributed by atoms with Gasteiger partial charge in [0.15, 0.2) is 0 Å². The minimum Gasteiger partial charge on any atom is -0.366 e. The van der Waals surface area contributed by atoms with Crippen molar-refractivity contribution >= 4 is 23.2 Å². The monoisotopic (exact) mass is 320 g/mol. The molecule has 2 aromatic carbocycles. The van der Waals surface area contributed by atoms with E-state index in [0.717, 1.165) is 5.56 Å². The Hall–Kier alpha value is -3.59. The maximum atomic E-state index is 12.1. The Bertz CT molecular complexity index is 833. The Balaban J connectivity index is 2.07. The Morgan fingerprint density at radius 1 is 1.12 bits per heavy atom. The first-order chi connectivity index (χ1) is 11.5. The van der Waals surface area contributed by atoms with Crippen LogP contribution in [0.15, 0.2) is 60.3 Å². The number of anilines is 2. The van der Waals surface area contributed by atoms with E-state index in [0.29, 0.717) is 16.9 Å². The summed E-state index contributed by atoms with van der Waals surface area (Å²) < 4.78 is 0. The van der Waals surface area contributed by atoms with Gasteiger partial charge >= 0.3 is 0 Å². The molecule has 2 rings (SSSR count). The number of benzene rings is 2. The zero-order valence-electron chi connectivity index (χ0n) is 13.0. The Labute approximate surface area is 139 Å². The molecule has 0 saturated carbocycles. The van der Waals surface area contributed by atoms with Crippen molar-refractivity contribution in [1.29, 1.82) is 5.26 Å². The maximum Gasteiger partial charge on any atom is 0.267 e. The predicted molar refractivity (Wildman–Crippen MR) is 92.1 cm³/mol. The maximum absolute atomic E-state index is 12.1. The van der Waals surface area contributed by atoms with Crippen molar-refractivity contribution in [3.05, 3.63) is 71.4 Å². The minimum absolute atomic E-state index is 0.0736. The molecule has 0 aliphatic rings. The molecule has 6 nitrogen and oxygen atoms in total. The molecule has 0 unspecified atom stereocenters. The number of amides is 2. The lowest BCUT2D eigenvalue weighted by molar-refractivity contribution is -0.112. The highest BCUT2D eigenvalue weighted by atomic mass is 16.2. The van der Waals surface area contributed by atoms with Gasteiger partial charge in [0, 0.05) is 23.1 Å². The molecule has 0 fully saturated rings.